The van der Waals surface area contributed by atoms with Gasteiger partial charge in [0, 0.05) is 6.04 Å². The number of likely N-dealkylation sites (N-methyl/N-ethyl adjacent to an activating group) is 1. The lowest BCUT2D eigenvalue weighted by atomic mass is 10.0. The van der Waals surface area contributed by atoms with Crippen LogP contribution in [0.3, 0.4) is 0 Å². The fraction of sp³-hybridized carbons (Fsp3) is 0.500. The van der Waals surface area contributed by atoms with Gasteiger partial charge in [0.15, 0.2) is 5.78 Å². The van der Waals surface area contributed by atoms with E-state index in [0.29, 0.717) is 5.92 Å². The van der Waals surface area contributed by atoms with Crippen LogP contribution in [-0.4, -0.2) is 30.3 Å². The Bertz CT molecular complexity index is 432. The summed E-state index contributed by atoms with van der Waals surface area (Å²) in [7, 11) is 1.81. The second-order valence-corrected chi connectivity index (χ2v) is 4.95. The quantitative estimate of drug-likeness (QED) is 0.753. The number of benzene rings is 1. The van der Waals surface area contributed by atoms with Crippen molar-refractivity contribution in [1.82, 2.24) is 4.90 Å². The van der Waals surface area contributed by atoms with Gasteiger partial charge in [-0.15, -0.1) is 0 Å². The topological polar surface area (TPSA) is 20.3 Å². The van der Waals surface area contributed by atoms with Gasteiger partial charge in [0.1, 0.15) is 11.6 Å². The molecule has 0 saturated heterocycles. The molecule has 0 bridgehead atoms. The SMILES string of the molecule is CC(C)C(C)N(C)CC(=O)c1cc(F)ccc1F. The summed E-state index contributed by atoms with van der Waals surface area (Å²) in [5, 5.41) is 0. The molecule has 0 radical (unpaired) electrons. The third-order valence-electron chi connectivity index (χ3n) is 3.28. The van der Waals surface area contributed by atoms with Crippen LogP contribution in [0.5, 0.6) is 0 Å². The van der Waals surface area contributed by atoms with Crippen LogP contribution >= 0.6 is 0 Å². The van der Waals surface area contributed by atoms with Gasteiger partial charge in [0.2, 0.25) is 0 Å². The monoisotopic (exact) mass is 255 g/mol. The van der Waals surface area contributed by atoms with E-state index in [1.54, 1.807) is 7.05 Å². The van der Waals surface area contributed by atoms with E-state index in [9.17, 15) is 13.6 Å². The minimum Gasteiger partial charge on any atom is -0.296 e. The van der Waals surface area contributed by atoms with Crippen LogP contribution in [0.1, 0.15) is 31.1 Å². The molecule has 1 aromatic carbocycles. The lowest BCUT2D eigenvalue weighted by molar-refractivity contribution is 0.0902. The number of nitrogens with zero attached hydrogens (tertiary/aromatic N) is 1. The number of hydrogen-bond donors (Lipinski definition) is 0. The normalized spacial score (nSPS) is 13.1. The molecule has 0 aliphatic carbocycles. The van der Waals surface area contributed by atoms with Crippen molar-refractivity contribution in [2.75, 3.05) is 13.6 Å². The predicted molar refractivity (Wildman–Crippen MR) is 67.6 cm³/mol. The second-order valence-electron chi connectivity index (χ2n) is 4.95. The van der Waals surface area contributed by atoms with Crippen LogP contribution in [0.25, 0.3) is 0 Å². The molecule has 0 saturated carbocycles. The van der Waals surface area contributed by atoms with E-state index in [1.165, 1.54) is 0 Å². The highest BCUT2D eigenvalue weighted by atomic mass is 19.1. The Labute approximate surface area is 107 Å². The van der Waals surface area contributed by atoms with E-state index in [2.05, 4.69) is 13.8 Å². The van der Waals surface area contributed by atoms with Gasteiger partial charge in [-0.2, -0.15) is 0 Å². The molecular formula is C14H19F2NO. The zero-order valence-electron chi connectivity index (χ0n) is 11.2. The maximum Gasteiger partial charge on any atom is 0.179 e. The molecule has 0 aromatic heterocycles. The Kier molecular flexibility index (Phi) is 4.96. The summed E-state index contributed by atoms with van der Waals surface area (Å²) in [5.74, 6) is -1.28. The molecule has 0 spiro atoms. The van der Waals surface area contributed by atoms with Gasteiger partial charge in [-0.3, -0.25) is 9.69 Å². The Morgan fingerprint density at radius 2 is 1.89 bits per heavy atom. The van der Waals surface area contributed by atoms with Gasteiger partial charge in [0.05, 0.1) is 12.1 Å². The standard InChI is InChI=1S/C14H19F2NO/c1-9(2)10(3)17(4)8-14(18)12-7-11(15)5-6-13(12)16/h5-7,9-10H,8H2,1-4H3. The molecule has 2 nitrogen and oxygen atoms in total. The first-order chi connectivity index (χ1) is 8.32. The Morgan fingerprint density at radius 1 is 1.28 bits per heavy atom. The number of ketones is 1. The molecule has 1 unspecified atom stereocenters. The van der Waals surface area contributed by atoms with Crippen molar-refractivity contribution in [1.29, 1.82) is 0 Å². The second kappa shape index (κ2) is 6.05. The minimum absolute atomic E-state index is 0.0831. The maximum absolute atomic E-state index is 13.4. The number of carbonyl (C=O) groups is 1. The number of halogens is 2. The maximum atomic E-state index is 13.4. The van der Waals surface area contributed by atoms with E-state index in [0.717, 1.165) is 18.2 Å². The fourth-order valence-corrected chi connectivity index (χ4v) is 1.68. The number of Topliss-reactive ketones (excluding diaryl/α,β-unsaturated/α-hetero) is 1. The molecule has 0 amide bonds. The summed E-state index contributed by atoms with van der Waals surface area (Å²) in [6, 6.07) is 3.14. The van der Waals surface area contributed by atoms with Crippen molar-refractivity contribution in [3.63, 3.8) is 0 Å². The van der Waals surface area contributed by atoms with Crippen LogP contribution in [0.4, 0.5) is 8.78 Å². The van der Waals surface area contributed by atoms with Crippen LogP contribution in [0, 0.1) is 17.6 Å². The summed E-state index contributed by atoms with van der Waals surface area (Å²) in [5.41, 5.74) is -0.183. The number of carbonyl (C=O) groups excluding carboxylic acids is 1. The lowest BCUT2D eigenvalue weighted by Crippen LogP contribution is -2.37. The smallest absolute Gasteiger partial charge is 0.179 e. The third kappa shape index (κ3) is 3.60. The first-order valence-corrected chi connectivity index (χ1v) is 6.01. The van der Waals surface area contributed by atoms with Crippen molar-refractivity contribution in [3.05, 3.63) is 35.4 Å². The lowest BCUT2D eigenvalue weighted by Gasteiger charge is -2.27. The van der Waals surface area contributed by atoms with Crippen LogP contribution in [-0.2, 0) is 0 Å². The van der Waals surface area contributed by atoms with Crippen molar-refractivity contribution >= 4 is 5.78 Å². The summed E-state index contributed by atoms with van der Waals surface area (Å²) < 4.78 is 26.4. The zero-order valence-corrected chi connectivity index (χ0v) is 11.2. The van der Waals surface area contributed by atoms with Crippen molar-refractivity contribution in [2.24, 2.45) is 5.92 Å². The van der Waals surface area contributed by atoms with Crippen LogP contribution < -0.4 is 0 Å². The first-order valence-electron chi connectivity index (χ1n) is 6.01. The largest absolute Gasteiger partial charge is 0.296 e. The average molecular weight is 255 g/mol. The molecule has 0 N–H and O–H groups in total. The molecule has 1 aromatic rings. The van der Waals surface area contributed by atoms with E-state index >= 15 is 0 Å². The van der Waals surface area contributed by atoms with Gasteiger partial charge >= 0.3 is 0 Å². The van der Waals surface area contributed by atoms with E-state index in [1.807, 2.05) is 11.8 Å². The van der Waals surface area contributed by atoms with Crippen molar-refractivity contribution in [3.8, 4) is 0 Å². The van der Waals surface area contributed by atoms with Gasteiger partial charge in [-0.05, 0) is 38.1 Å². The minimum atomic E-state index is -0.674. The summed E-state index contributed by atoms with van der Waals surface area (Å²) in [6.45, 7) is 6.18. The van der Waals surface area contributed by atoms with E-state index < -0.39 is 17.4 Å². The molecule has 100 valence electrons. The van der Waals surface area contributed by atoms with Gasteiger partial charge < -0.3 is 0 Å². The van der Waals surface area contributed by atoms with E-state index in [4.69, 9.17) is 0 Å². The van der Waals surface area contributed by atoms with Gasteiger partial charge in [0.25, 0.3) is 0 Å². The first kappa shape index (κ1) is 14.8. The molecule has 1 rings (SSSR count). The number of rotatable bonds is 5. The zero-order chi connectivity index (χ0) is 13.9. The third-order valence-corrected chi connectivity index (χ3v) is 3.28. The molecule has 4 heteroatoms. The molecular weight excluding hydrogens is 236 g/mol. The average Bonchev–Trinajstić information content (AvgIpc) is 2.30. The van der Waals surface area contributed by atoms with E-state index in [-0.39, 0.29) is 18.2 Å². The molecule has 18 heavy (non-hydrogen) atoms. The highest BCUT2D eigenvalue weighted by Gasteiger charge is 2.19. The Hall–Kier alpha value is -1.29. The molecule has 1 atom stereocenters. The molecule has 0 aliphatic rings. The summed E-state index contributed by atoms with van der Waals surface area (Å²) in [4.78, 5) is 13.8. The molecule has 0 fully saturated rings. The summed E-state index contributed by atoms with van der Waals surface area (Å²) in [6.07, 6.45) is 0. The highest BCUT2D eigenvalue weighted by molar-refractivity contribution is 5.97. The van der Waals surface area contributed by atoms with Crippen molar-refractivity contribution in [2.45, 2.75) is 26.8 Å². The van der Waals surface area contributed by atoms with Crippen molar-refractivity contribution < 1.29 is 13.6 Å². The van der Waals surface area contributed by atoms with Gasteiger partial charge in [-0.1, -0.05) is 13.8 Å². The Balaban J connectivity index is 2.79. The number of hydrogen-bond acceptors (Lipinski definition) is 2. The Morgan fingerprint density at radius 3 is 2.44 bits per heavy atom. The fourth-order valence-electron chi connectivity index (χ4n) is 1.68. The van der Waals surface area contributed by atoms with Crippen LogP contribution in [0.2, 0.25) is 0 Å². The molecule has 0 heterocycles. The predicted octanol–water partition coefficient (Wildman–Crippen LogP) is 3.12. The highest BCUT2D eigenvalue weighted by Crippen LogP contribution is 2.13. The molecule has 0 aliphatic heterocycles. The van der Waals surface area contributed by atoms with Gasteiger partial charge in [-0.25, -0.2) is 8.78 Å². The summed E-state index contributed by atoms with van der Waals surface area (Å²) >= 11 is 0. The van der Waals surface area contributed by atoms with Crippen LogP contribution in [0.15, 0.2) is 18.2 Å².